The van der Waals surface area contributed by atoms with Gasteiger partial charge in [0.2, 0.25) is 5.91 Å². The number of hydrogen-bond acceptors (Lipinski definition) is 3. The summed E-state index contributed by atoms with van der Waals surface area (Å²) < 4.78 is 0. The van der Waals surface area contributed by atoms with Crippen molar-refractivity contribution in [1.82, 2.24) is 5.32 Å². The lowest BCUT2D eigenvalue weighted by Crippen LogP contribution is -2.23. The predicted molar refractivity (Wildman–Crippen MR) is 73.0 cm³/mol. The van der Waals surface area contributed by atoms with Crippen LogP contribution in [0.3, 0.4) is 0 Å². The summed E-state index contributed by atoms with van der Waals surface area (Å²) in [6, 6.07) is 1.87. The highest BCUT2D eigenvalue weighted by Gasteiger charge is 2.30. The number of thiophene rings is 1. The normalized spacial score (nSPS) is 14.3. The van der Waals surface area contributed by atoms with Crippen molar-refractivity contribution in [3.8, 4) is 0 Å². The minimum Gasteiger partial charge on any atom is -0.351 e. The van der Waals surface area contributed by atoms with Crippen molar-refractivity contribution in [1.29, 1.82) is 0 Å². The minimum absolute atomic E-state index is 0.0497. The van der Waals surface area contributed by atoms with Gasteiger partial charge in [-0.15, -0.1) is 11.3 Å². The highest BCUT2D eigenvalue weighted by Crippen LogP contribution is 2.32. The third-order valence-electron chi connectivity index (χ3n) is 2.85. The molecule has 0 unspecified atom stereocenters. The van der Waals surface area contributed by atoms with Crippen LogP contribution in [0.1, 0.15) is 41.4 Å². The van der Waals surface area contributed by atoms with E-state index in [1.807, 2.05) is 19.9 Å². The molecule has 0 bridgehead atoms. The molecule has 2 N–H and O–H groups in total. The summed E-state index contributed by atoms with van der Waals surface area (Å²) >= 11 is 1.35. The van der Waals surface area contributed by atoms with Gasteiger partial charge in [0.1, 0.15) is 0 Å². The molecule has 2 amide bonds. The first kappa shape index (κ1) is 13.1. The topological polar surface area (TPSA) is 58.2 Å². The lowest BCUT2D eigenvalue weighted by molar-refractivity contribution is -0.117. The second-order valence-electron chi connectivity index (χ2n) is 4.64. The highest BCUT2D eigenvalue weighted by molar-refractivity contribution is 7.18. The Kier molecular flexibility index (Phi) is 4.01. The maximum Gasteiger partial charge on any atom is 0.261 e. The van der Waals surface area contributed by atoms with E-state index in [1.165, 1.54) is 11.3 Å². The number of anilines is 1. The van der Waals surface area contributed by atoms with Gasteiger partial charge < -0.3 is 10.6 Å². The summed E-state index contributed by atoms with van der Waals surface area (Å²) in [5.74, 6) is 0.216. The van der Waals surface area contributed by atoms with Crippen molar-refractivity contribution in [2.45, 2.75) is 33.1 Å². The maximum absolute atomic E-state index is 11.9. The fourth-order valence-electron chi connectivity index (χ4n) is 1.66. The summed E-state index contributed by atoms with van der Waals surface area (Å²) in [5, 5.41) is 6.50. The van der Waals surface area contributed by atoms with E-state index in [0.717, 1.165) is 29.8 Å². The van der Waals surface area contributed by atoms with Gasteiger partial charge in [-0.1, -0.05) is 6.92 Å². The summed E-state index contributed by atoms with van der Waals surface area (Å²) in [5.41, 5.74) is 0.916. The fourth-order valence-corrected chi connectivity index (χ4v) is 2.65. The summed E-state index contributed by atoms with van der Waals surface area (Å²) in [4.78, 5) is 24.2. The van der Waals surface area contributed by atoms with Gasteiger partial charge in [-0.3, -0.25) is 9.59 Å². The van der Waals surface area contributed by atoms with Gasteiger partial charge in [-0.25, -0.2) is 0 Å². The Morgan fingerprint density at radius 2 is 2.17 bits per heavy atom. The summed E-state index contributed by atoms with van der Waals surface area (Å²) in [6.07, 6.45) is 2.89. The molecular weight excluding hydrogens is 248 g/mol. The molecule has 0 radical (unpaired) electrons. The molecule has 18 heavy (non-hydrogen) atoms. The van der Waals surface area contributed by atoms with Crippen LogP contribution < -0.4 is 10.6 Å². The van der Waals surface area contributed by atoms with Crippen molar-refractivity contribution in [2.75, 3.05) is 11.9 Å². The smallest absolute Gasteiger partial charge is 0.261 e. The molecule has 2 rings (SSSR count). The Morgan fingerprint density at radius 3 is 2.78 bits per heavy atom. The SMILES string of the molecule is CCCNC(=O)c1sc(NC(=O)C2CC2)cc1C. The first-order valence-corrected chi connectivity index (χ1v) is 7.13. The zero-order chi connectivity index (χ0) is 13.1. The zero-order valence-electron chi connectivity index (χ0n) is 10.7. The largest absolute Gasteiger partial charge is 0.351 e. The Balaban J connectivity index is 2.01. The lowest BCUT2D eigenvalue weighted by Gasteiger charge is -2.01. The maximum atomic E-state index is 11.9. The Labute approximate surface area is 111 Å². The number of nitrogens with one attached hydrogen (secondary N) is 2. The van der Waals surface area contributed by atoms with Crippen LogP contribution in [0.15, 0.2) is 6.07 Å². The fraction of sp³-hybridized carbons (Fsp3) is 0.538. The van der Waals surface area contributed by atoms with Crippen LogP contribution in [0.4, 0.5) is 5.00 Å². The average Bonchev–Trinajstić information content (AvgIpc) is 3.11. The quantitative estimate of drug-likeness (QED) is 0.860. The van der Waals surface area contributed by atoms with Crippen molar-refractivity contribution in [3.63, 3.8) is 0 Å². The van der Waals surface area contributed by atoms with E-state index >= 15 is 0 Å². The van der Waals surface area contributed by atoms with Gasteiger partial charge in [0.25, 0.3) is 5.91 Å². The van der Waals surface area contributed by atoms with Crippen LogP contribution in [0.25, 0.3) is 0 Å². The first-order chi connectivity index (χ1) is 8.61. The molecule has 0 aliphatic heterocycles. The molecule has 0 aromatic carbocycles. The average molecular weight is 266 g/mol. The van der Waals surface area contributed by atoms with E-state index in [-0.39, 0.29) is 17.7 Å². The third-order valence-corrected chi connectivity index (χ3v) is 4.01. The molecule has 0 saturated heterocycles. The standard InChI is InChI=1S/C13H18N2O2S/c1-3-6-14-13(17)11-8(2)7-10(18-11)15-12(16)9-4-5-9/h7,9H,3-6H2,1-2H3,(H,14,17)(H,15,16). The molecule has 1 aliphatic carbocycles. The zero-order valence-corrected chi connectivity index (χ0v) is 11.5. The van der Waals surface area contributed by atoms with Gasteiger partial charge in [0.15, 0.2) is 0 Å². The summed E-state index contributed by atoms with van der Waals surface area (Å²) in [6.45, 7) is 4.59. The molecule has 1 saturated carbocycles. The van der Waals surface area contributed by atoms with E-state index in [4.69, 9.17) is 0 Å². The van der Waals surface area contributed by atoms with E-state index in [2.05, 4.69) is 10.6 Å². The number of hydrogen-bond donors (Lipinski definition) is 2. The monoisotopic (exact) mass is 266 g/mol. The van der Waals surface area contributed by atoms with Gasteiger partial charge in [0, 0.05) is 12.5 Å². The first-order valence-electron chi connectivity index (χ1n) is 6.31. The number of aryl methyl sites for hydroxylation is 1. The molecule has 1 aliphatic rings. The highest BCUT2D eigenvalue weighted by atomic mass is 32.1. The van der Waals surface area contributed by atoms with Crippen LogP contribution in [0.2, 0.25) is 0 Å². The van der Waals surface area contributed by atoms with E-state index in [0.29, 0.717) is 11.4 Å². The molecular formula is C13H18N2O2S. The molecule has 0 spiro atoms. The molecule has 1 heterocycles. The predicted octanol–water partition coefficient (Wildman–Crippen LogP) is 2.54. The van der Waals surface area contributed by atoms with Gasteiger partial charge in [-0.2, -0.15) is 0 Å². The van der Waals surface area contributed by atoms with Gasteiger partial charge in [-0.05, 0) is 37.8 Å². The van der Waals surface area contributed by atoms with Crippen LogP contribution in [0.5, 0.6) is 0 Å². The second-order valence-corrected chi connectivity index (χ2v) is 5.69. The van der Waals surface area contributed by atoms with Crippen molar-refractivity contribution in [3.05, 3.63) is 16.5 Å². The summed E-state index contributed by atoms with van der Waals surface area (Å²) in [7, 11) is 0. The van der Waals surface area contributed by atoms with Crippen LogP contribution >= 0.6 is 11.3 Å². The minimum atomic E-state index is -0.0497. The van der Waals surface area contributed by atoms with Gasteiger partial charge in [0.05, 0.1) is 9.88 Å². The van der Waals surface area contributed by atoms with Crippen LogP contribution in [0, 0.1) is 12.8 Å². The molecule has 1 aromatic heterocycles. The van der Waals surface area contributed by atoms with Crippen molar-refractivity contribution in [2.24, 2.45) is 5.92 Å². The molecule has 98 valence electrons. The Bertz CT molecular complexity index is 464. The van der Waals surface area contributed by atoms with Crippen molar-refractivity contribution >= 4 is 28.2 Å². The number of rotatable bonds is 5. The number of carbonyl (C=O) groups is 2. The second kappa shape index (κ2) is 5.52. The van der Waals surface area contributed by atoms with Crippen LogP contribution in [-0.2, 0) is 4.79 Å². The molecule has 1 aromatic rings. The Morgan fingerprint density at radius 1 is 1.44 bits per heavy atom. The van der Waals surface area contributed by atoms with Gasteiger partial charge >= 0.3 is 0 Å². The van der Waals surface area contributed by atoms with E-state index in [9.17, 15) is 9.59 Å². The third kappa shape index (κ3) is 3.10. The molecule has 4 nitrogen and oxygen atoms in total. The lowest BCUT2D eigenvalue weighted by atomic mass is 10.2. The Hall–Kier alpha value is -1.36. The molecule has 5 heteroatoms. The van der Waals surface area contributed by atoms with Crippen molar-refractivity contribution < 1.29 is 9.59 Å². The number of amides is 2. The van der Waals surface area contributed by atoms with E-state index in [1.54, 1.807) is 0 Å². The molecule has 0 atom stereocenters. The molecule has 1 fully saturated rings. The van der Waals surface area contributed by atoms with E-state index < -0.39 is 0 Å². The number of carbonyl (C=O) groups excluding carboxylic acids is 2. The van der Waals surface area contributed by atoms with Crippen LogP contribution in [-0.4, -0.2) is 18.4 Å².